The lowest BCUT2D eigenvalue weighted by atomic mass is 10.3. The van der Waals surface area contributed by atoms with Gasteiger partial charge in [0, 0.05) is 17.3 Å². The fraction of sp³-hybridized carbons (Fsp3) is 0.150. The number of thioether (sulfide) groups is 2. The third kappa shape index (κ3) is 5.51. The molecular formula is C20H16F2N6O2S2. The van der Waals surface area contributed by atoms with E-state index in [1.807, 2.05) is 6.07 Å². The van der Waals surface area contributed by atoms with Gasteiger partial charge in [-0.2, -0.15) is 8.78 Å². The number of nitrogens with zero attached hydrogens (tertiary/aromatic N) is 5. The molecule has 1 aromatic carbocycles. The Labute approximate surface area is 189 Å². The molecule has 0 unspecified atom stereocenters. The zero-order valence-corrected chi connectivity index (χ0v) is 18.0. The van der Waals surface area contributed by atoms with Crippen LogP contribution in [0.1, 0.15) is 5.76 Å². The summed E-state index contributed by atoms with van der Waals surface area (Å²) in [5.74, 6) is -1.77. The van der Waals surface area contributed by atoms with Gasteiger partial charge in [-0.1, -0.05) is 35.7 Å². The van der Waals surface area contributed by atoms with Crippen LogP contribution in [0.2, 0.25) is 0 Å². The SMILES string of the molecule is O=C(CSc1nnc(-c2cnccn2)n1Cc1ccco1)Nc1ccccc1SC(F)F. The highest BCUT2D eigenvalue weighted by atomic mass is 32.2. The summed E-state index contributed by atoms with van der Waals surface area (Å²) in [5, 5.41) is 11.6. The van der Waals surface area contributed by atoms with Crippen LogP contribution in [0.25, 0.3) is 11.5 Å². The molecule has 0 aliphatic heterocycles. The van der Waals surface area contributed by atoms with E-state index in [1.54, 1.807) is 53.7 Å². The van der Waals surface area contributed by atoms with Crippen LogP contribution in [0.5, 0.6) is 0 Å². The lowest BCUT2D eigenvalue weighted by Crippen LogP contribution is -2.15. The van der Waals surface area contributed by atoms with E-state index in [4.69, 9.17) is 4.42 Å². The molecule has 164 valence electrons. The molecule has 0 atom stereocenters. The summed E-state index contributed by atoms with van der Waals surface area (Å²) in [5.41, 5.74) is 0.863. The Hall–Kier alpha value is -3.25. The number of hydrogen-bond acceptors (Lipinski definition) is 8. The number of para-hydroxylation sites is 1. The second-order valence-corrected chi connectivity index (χ2v) is 8.25. The van der Waals surface area contributed by atoms with Gasteiger partial charge in [0.2, 0.25) is 5.91 Å². The van der Waals surface area contributed by atoms with E-state index in [-0.39, 0.29) is 11.7 Å². The number of carbonyl (C=O) groups is 1. The van der Waals surface area contributed by atoms with E-state index < -0.39 is 5.76 Å². The second-order valence-electron chi connectivity index (χ2n) is 6.27. The molecule has 0 bridgehead atoms. The number of hydrogen-bond donors (Lipinski definition) is 1. The van der Waals surface area contributed by atoms with Crippen LogP contribution in [0.15, 0.2) is 75.7 Å². The summed E-state index contributed by atoms with van der Waals surface area (Å²) in [4.78, 5) is 21.1. The molecule has 0 aliphatic carbocycles. The van der Waals surface area contributed by atoms with Crippen molar-refractivity contribution in [2.45, 2.75) is 22.4 Å². The van der Waals surface area contributed by atoms with E-state index in [0.29, 0.717) is 51.3 Å². The number of aromatic nitrogens is 5. The van der Waals surface area contributed by atoms with Crippen LogP contribution in [0.3, 0.4) is 0 Å². The number of furan rings is 1. The van der Waals surface area contributed by atoms with E-state index in [2.05, 4.69) is 25.5 Å². The quantitative estimate of drug-likeness (QED) is 0.356. The molecule has 4 aromatic rings. The molecule has 1 N–H and O–H groups in total. The van der Waals surface area contributed by atoms with Gasteiger partial charge in [-0.25, -0.2) is 4.98 Å². The fourth-order valence-corrected chi connectivity index (χ4v) is 4.12. The minimum atomic E-state index is -2.58. The predicted molar refractivity (Wildman–Crippen MR) is 117 cm³/mol. The van der Waals surface area contributed by atoms with Crippen LogP contribution < -0.4 is 5.32 Å². The van der Waals surface area contributed by atoms with Crippen LogP contribution in [0, 0.1) is 0 Å². The number of carbonyl (C=O) groups excluding carboxylic acids is 1. The van der Waals surface area contributed by atoms with Crippen LogP contribution >= 0.6 is 23.5 Å². The van der Waals surface area contributed by atoms with Gasteiger partial charge in [-0.15, -0.1) is 10.2 Å². The Kier molecular flexibility index (Phi) is 7.12. The smallest absolute Gasteiger partial charge is 0.288 e. The van der Waals surface area contributed by atoms with Crippen molar-refractivity contribution in [1.29, 1.82) is 0 Å². The average molecular weight is 475 g/mol. The zero-order valence-electron chi connectivity index (χ0n) is 16.4. The van der Waals surface area contributed by atoms with Crippen LogP contribution in [0.4, 0.5) is 14.5 Å². The van der Waals surface area contributed by atoms with Gasteiger partial charge >= 0.3 is 0 Å². The maximum Gasteiger partial charge on any atom is 0.288 e. The highest BCUT2D eigenvalue weighted by molar-refractivity contribution is 8.00. The van der Waals surface area contributed by atoms with Gasteiger partial charge in [0.15, 0.2) is 11.0 Å². The maximum atomic E-state index is 12.8. The lowest BCUT2D eigenvalue weighted by Gasteiger charge is -2.11. The van der Waals surface area contributed by atoms with Gasteiger partial charge in [0.25, 0.3) is 5.76 Å². The number of nitrogens with one attached hydrogen (secondary N) is 1. The molecule has 0 fully saturated rings. The molecule has 0 aliphatic rings. The first-order valence-electron chi connectivity index (χ1n) is 9.28. The van der Waals surface area contributed by atoms with Gasteiger partial charge in [0.05, 0.1) is 30.4 Å². The van der Waals surface area contributed by atoms with Crippen molar-refractivity contribution in [2.24, 2.45) is 0 Å². The zero-order chi connectivity index (χ0) is 22.3. The molecule has 8 nitrogen and oxygen atoms in total. The molecule has 12 heteroatoms. The van der Waals surface area contributed by atoms with Crippen molar-refractivity contribution < 1.29 is 18.0 Å². The topological polar surface area (TPSA) is 98.7 Å². The molecule has 32 heavy (non-hydrogen) atoms. The minimum Gasteiger partial charge on any atom is -0.467 e. The summed E-state index contributed by atoms with van der Waals surface area (Å²) in [6.45, 7) is 0.337. The molecule has 0 spiro atoms. The molecule has 3 heterocycles. The number of anilines is 1. The molecule has 4 rings (SSSR count). The van der Waals surface area contributed by atoms with Gasteiger partial charge in [-0.3, -0.25) is 14.3 Å². The third-order valence-electron chi connectivity index (χ3n) is 4.11. The van der Waals surface area contributed by atoms with Gasteiger partial charge in [0.1, 0.15) is 11.5 Å². The van der Waals surface area contributed by atoms with E-state index >= 15 is 0 Å². The number of rotatable bonds is 9. The first-order valence-corrected chi connectivity index (χ1v) is 11.1. The number of alkyl halides is 2. The van der Waals surface area contributed by atoms with E-state index in [9.17, 15) is 13.6 Å². The third-order valence-corrected chi connectivity index (χ3v) is 5.87. The fourth-order valence-electron chi connectivity index (χ4n) is 2.79. The number of benzene rings is 1. The van der Waals surface area contributed by atoms with Crippen LogP contribution in [-0.2, 0) is 11.3 Å². The van der Waals surface area contributed by atoms with E-state index in [1.165, 1.54) is 6.07 Å². The Morgan fingerprint density at radius 1 is 1.16 bits per heavy atom. The van der Waals surface area contributed by atoms with E-state index in [0.717, 1.165) is 11.8 Å². The number of halogens is 2. The number of amides is 1. The normalized spacial score (nSPS) is 11.1. The van der Waals surface area contributed by atoms with Gasteiger partial charge < -0.3 is 9.73 Å². The first-order chi connectivity index (χ1) is 15.6. The summed E-state index contributed by atoms with van der Waals surface area (Å²) in [6.07, 6.45) is 6.25. The summed E-state index contributed by atoms with van der Waals surface area (Å²) < 4.78 is 32.7. The molecule has 3 aromatic heterocycles. The Bertz CT molecular complexity index is 1170. The second kappa shape index (κ2) is 10.4. The minimum absolute atomic E-state index is 0.00440. The largest absolute Gasteiger partial charge is 0.467 e. The molecule has 0 radical (unpaired) electrons. The first kappa shape index (κ1) is 22.0. The molecule has 1 amide bonds. The van der Waals surface area contributed by atoms with Crippen molar-refractivity contribution in [3.63, 3.8) is 0 Å². The maximum absolute atomic E-state index is 12.8. The lowest BCUT2D eigenvalue weighted by molar-refractivity contribution is -0.113. The summed E-state index contributed by atoms with van der Waals surface area (Å²) in [6, 6.07) is 10.0. The van der Waals surface area contributed by atoms with Crippen molar-refractivity contribution in [3.05, 3.63) is 67.0 Å². The van der Waals surface area contributed by atoms with Crippen molar-refractivity contribution in [2.75, 3.05) is 11.1 Å². The van der Waals surface area contributed by atoms with Crippen molar-refractivity contribution in [1.82, 2.24) is 24.7 Å². The standard InChI is InChI=1S/C20H16F2N6O2S2/c21-19(22)32-16-6-2-1-5-14(16)25-17(29)12-31-20-27-26-18(15-10-23-7-8-24-15)28(20)11-13-4-3-9-30-13/h1-10,19H,11-12H2,(H,25,29). The Morgan fingerprint density at radius 2 is 2.03 bits per heavy atom. The average Bonchev–Trinajstić information content (AvgIpc) is 3.44. The van der Waals surface area contributed by atoms with Crippen molar-refractivity contribution >= 4 is 35.1 Å². The molecular weight excluding hydrogens is 458 g/mol. The summed E-state index contributed by atoms with van der Waals surface area (Å²) in [7, 11) is 0. The molecule has 0 saturated carbocycles. The summed E-state index contributed by atoms with van der Waals surface area (Å²) >= 11 is 1.55. The van der Waals surface area contributed by atoms with Crippen molar-refractivity contribution in [3.8, 4) is 11.5 Å². The monoisotopic (exact) mass is 474 g/mol. The highest BCUT2D eigenvalue weighted by Gasteiger charge is 2.18. The van der Waals surface area contributed by atoms with Crippen LogP contribution in [-0.4, -0.2) is 42.1 Å². The predicted octanol–water partition coefficient (Wildman–Crippen LogP) is 4.42. The Balaban J connectivity index is 1.50. The molecule has 0 saturated heterocycles. The highest BCUT2D eigenvalue weighted by Crippen LogP contribution is 2.32. The van der Waals surface area contributed by atoms with Gasteiger partial charge in [-0.05, 0) is 24.3 Å². The Morgan fingerprint density at radius 3 is 2.78 bits per heavy atom.